The Bertz CT molecular complexity index is 843. The zero-order chi connectivity index (χ0) is 17.1. The van der Waals surface area contributed by atoms with Gasteiger partial charge in [0.25, 0.3) is 0 Å². The largest absolute Gasteiger partial charge is 0.363 e. The number of para-hydroxylation sites is 1. The lowest BCUT2D eigenvalue weighted by atomic mass is 10.1. The van der Waals surface area contributed by atoms with Crippen LogP contribution >= 0.6 is 0 Å². The van der Waals surface area contributed by atoms with Crippen LogP contribution in [-0.4, -0.2) is 36.1 Å². The fraction of sp³-hybridized carbons (Fsp3) is 0.300. The molecule has 5 nitrogen and oxygen atoms in total. The summed E-state index contributed by atoms with van der Waals surface area (Å²) in [6, 6.07) is 18.8. The molecule has 0 unspecified atom stereocenters. The van der Waals surface area contributed by atoms with Crippen LogP contribution in [0.1, 0.15) is 18.5 Å². The average molecular weight is 333 g/mol. The Hall–Kier alpha value is -2.66. The maximum absolute atomic E-state index is 4.87. The minimum Gasteiger partial charge on any atom is -0.363 e. The SMILES string of the molecule is C[C@@H](Nc1nc(N2CCNCC2)nc2ccccc12)c1ccccc1. The lowest BCUT2D eigenvalue weighted by Gasteiger charge is -2.28. The van der Waals surface area contributed by atoms with Gasteiger partial charge in [0.2, 0.25) is 5.95 Å². The van der Waals surface area contributed by atoms with Gasteiger partial charge in [-0.3, -0.25) is 0 Å². The average Bonchev–Trinajstić information content (AvgIpc) is 2.69. The van der Waals surface area contributed by atoms with E-state index in [1.165, 1.54) is 5.56 Å². The second-order valence-electron chi connectivity index (χ2n) is 6.40. The molecule has 2 N–H and O–H groups in total. The van der Waals surface area contributed by atoms with Crippen molar-refractivity contribution in [2.24, 2.45) is 0 Å². The van der Waals surface area contributed by atoms with Crippen molar-refractivity contribution in [2.45, 2.75) is 13.0 Å². The second kappa shape index (κ2) is 7.07. The van der Waals surface area contributed by atoms with Gasteiger partial charge in [0.15, 0.2) is 0 Å². The van der Waals surface area contributed by atoms with Crippen LogP contribution in [0.25, 0.3) is 10.9 Å². The summed E-state index contributed by atoms with van der Waals surface area (Å²) in [5.41, 5.74) is 2.22. The molecule has 1 aliphatic heterocycles. The lowest BCUT2D eigenvalue weighted by Crippen LogP contribution is -2.44. The topological polar surface area (TPSA) is 53.1 Å². The molecule has 0 saturated carbocycles. The third-order valence-corrected chi connectivity index (χ3v) is 4.64. The number of fused-ring (bicyclic) bond motifs is 1. The maximum Gasteiger partial charge on any atom is 0.227 e. The summed E-state index contributed by atoms with van der Waals surface area (Å²) in [6.07, 6.45) is 0. The van der Waals surface area contributed by atoms with E-state index < -0.39 is 0 Å². The molecule has 2 heterocycles. The minimum absolute atomic E-state index is 0.176. The molecule has 2 aromatic carbocycles. The van der Waals surface area contributed by atoms with Gasteiger partial charge in [0, 0.05) is 37.6 Å². The maximum atomic E-state index is 4.87. The Morgan fingerprint density at radius 1 is 0.960 bits per heavy atom. The molecule has 1 fully saturated rings. The highest BCUT2D eigenvalue weighted by atomic mass is 15.3. The Labute approximate surface area is 148 Å². The molecule has 0 spiro atoms. The van der Waals surface area contributed by atoms with Crippen molar-refractivity contribution in [3.63, 3.8) is 0 Å². The molecule has 4 rings (SSSR count). The van der Waals surface area contributed by atoms with E-state index >= 15 is 0 Å². The van der Waals surface area contributed by atoms with Crippen LogP contribution in [0.2, 0.25) is 0 Å². The fourth-order valence-electron chi connectivity index (χ4n) is 3.21. The molecule has 0 radical (unpaired) electrons. The predicted molar refractivity (Wildman–Crippen MR) is 103 cm³/mol. The molecule has 1 saturated heterocycles. The van der Waals surface area contributed by atoms with Gasteiger partial charge >= 0.3 is 0 Å². The van der Waals surface area contributed by atoms with Crippen LogP contribution in [0.3, 0.4) is 0 Å². The third kappa shape index (κ3) is 3.42. The highest BCUT2D eigenvalue weighted by molar-refractivity contribution is 5.90. The number of hydrogen-bond acceptors (Lipinski definition) is 5. The Balaban J connectivity index is 1.70. The number of nitrogens with one attached hydrogen (secondary N) is 2. The van der Waals surface area contributed by atoms with E-state index in [2.05, 4.69) is 58.9 Å². The zero-order valence-corrected chi connectivity index (χ0v) is 14.4. The first-order valence-electron chi connectivity index (χ1n) is 8.85. The number of piperazine rings is 1. The molecular weight excluding hydrogens is 310 g/mol. The van der Waals surface area contributed by atoms with Crippen molar-refractivity contribution in [1.82, 2.24) is 15.3 Å². The van der Waals surface area contributed by atoms with Crippen molar-refractivity contribution in [3.05, 3.63) is 60.2 Å². The number of benzene rings is 2. The van der Waals surface area contributed by atoms with Crippen LogP contribution < -0.4 is 15.5 Å². The summed E-state index contributed by atoms with van der Waals surface area (Å²) >= 11 is 0. The van der Waals surface area contributed by atoms with Crippen molar-refractivity contribution in [3.8, 4) is 0 Å². The quantitative estimate of drug-likeness (QED) is 0.768. The van der Waals surface area contributed by atoms with Crippen LogP contribution in [0.15, 0.2) is 54.6 Å². The number of nitrogens with zero attached hydrogens (tertiary/aromatic N) is 3. The molecule has 1 atom stereocenters. The minimum atomic E-state index is 0.176. The molecule has 25 heavy (non-hydrogen) atoms. The lowest BCUT2D eigenvalue weighted by molar-refractivity contribution is 0.580. The summed E-state index contributed by atoms with van der Waals surface area (Å²) < 4.78 is 0. The van der Waals surface area contributed by atoms with Crippen LogP contribution in [0, 0.1) is 0 Å². The number of hydrogen-bond donors (Lipinski definition) is 2. The molecule has 0 amide bonds. The number of anilines is 2. The smallest absolute Gasteiger partial charge is 0.227 e. The van der Waals surface area contributed by atoms with E-state index in [0.29, 0.717) is 0 Å². The van der Waals surface area contributed by atoms with Gasteiger partial charge in [-0.15, -0.1) is 0 Å². The van der Waals surface area contributed by atoms with Gasteiger partial charge < -0.3 is 15.5 Å². The van der Waals surface area contributed by atoms with Gasteiger partial charge in [-0.1, -0.05) is 42.5 Å². The zero-order valence-electron chi connectivity index (χ0n) is 14.4. The molecule has 128 valence electrons. The monoisotopic (exact) mass is 333 g/mol. The summed E-state index contributed by atoms with van der Waals surface area (Å²) in [4.78, 5) is 11.9. The first kappa shape index (κ1) is 15.8. The Morgan fingerprint density at radius 3 is 2.48 bits per heavy atom. The van der Waals surface area contributed by atoms with Crippen LogP contribution in [0.5, 0.6) is 0 Å². The van der Waals surface area contributed by atoms with Gasteiger partial charge in [-0.25, -0.2) is 4.98 Å². The summed E-state index contributed by atoms with van der Waals surface area (Å²) in [5, 5.41) is 8.02. The molecule has 0 bridgehead atoms. The van der Waals surface area contributed by atoms with Gasteiger partial charge in [0.1, 0.15) is 5.82 Å². The van der Waals surface area contributed by atoms with Crippen LogP contribution in [0.4, 0.5) is 11.8 Å². The first-order chi connectivity index (χ1) is 12.3. The van der Waals surface area contributed by atoms with Crippen LogP contribution in [-0.2, 0) is 0 Å². The van der Waals surface area contributed by atoms with Crippen molar-refractivity contribution >= 4 is 22.7 Å². The van der Waals surface area contributed by atoms with Gasteiger partial charge in [0.05, 0.1) is 5.52 Å². The standard InChI is InChI=1S/C20H23N5/c1-15(16-7-3-2-4-8-16)22-19-17-9-5-6-10-18(17)23-20(24-19)25-13-11-21-12-14-25/h2-10,15,21H,11-14H2,1H3,(H,22,23,24)/t15-/m1/s1. The summed E-state index contributed by atoms with van der Waals surface area (Å²) in [7, 11) is 0. The molecule has 1 aromatic heterocycles. The van der Waals surface area contributed by atoms with Gasteiger partial charge in [-0.2, -0.15) is 4.98 Å². The summed E-state index contributed by atoms with van der Waals surface area (Å²) in [6.45, 7) is 5.98. The van der Waals surface area contributed by atoms with E-state index in [9.17, 15) is 0 Å². The molecule has 0 aliphatic carbocycles. The summed E-state index contributed by atoms with van der Waals surface area (Å²) in [5.74, 6) is 1.71. The molecular formula is C20H23N5. The van der Waals surface area contributed by atoms with Crippen molar-refractivity contribution in [1.29, 1.82) is 0 Å². The number of aromatic nitrogens is 2. The number of rotatable bonds is 4. The van der Waals surface area contributed by atoms with E-state index in [1.54, 1.807) is 0 Å². The van der Waals surface area contributed by atoms with E-state index in [-0.39, 0.29) is 6.04 Å². The fourth-order valence-corrected chi connectivity index (χ4v) is 3.21. The van der Waals surface area contributed by atoms with E-state index in [0.717, 1.165) is 48.8 Å². The second-order valence-corrected chi connectivity index (χ2v) is 6.40. The van der Waals surface area contributed by atoms with Crippen molar-refractivity contribution < 1.29 is 0 Å². The molecule has 5 heteroatoms. The van der Waals surface area contributed by atoms with Crippen molar-refractivity contribution in [2.75, 3.05) is 36.4 Å². The van der Waals surface area contributed by atoms with E-state index in [1.807, 2.05) is 18.2 Å². The van der Waals surface area contributed by atoms with E-state index in [4.69, 9.17) is 9.97 Å². The predicted octanol–water partition coefficient (Wildman–Crippen LogP) is 3.21. The molecule has 1 aliphatic rings. The Morgan fingerprint density at radius 2 is 1.68 bits per heavy atom. The third-order valence-electron chi connectivity index (χ3n) is 4.64. The first-order valence-corrected chi connectivity index (χ1v) is 8.85. The Kier molecular flexibility index (Phi) is 4.48. The highest BCUT2D eigenvalue weighted by Gasteiger charge is 2.17. The normalized spacial score (nSPS) is 16.0. The van der Waals surface area contributed by atoms with Gasteiger partial charge in [-0.05, 0) is 24.6 Å². The highest BCUT2D eigenvalue weighted by Crippen LogP contribution is 2.27. The molecule has 3 aromatic rings.